The van der Waals surface area contributed by atoms with Gasteiger partial charge in [0.1, 0.15) is 0 Å². The zero-order chi connectivity index (χ0) is 16.3. The third kappa shape index (κ3) is 18.7. The predicted molar refractivity (Wildman–Crippen MR) is 96.1 cm³/mol. The van der Waals surface area contributed by atoms with Crippen molar-refractivity contribution in [2.24, 2.45) is 0 Å². The van der Waals surface area contributed by atoms with Crippen molar-refractivity contribution in [2.45, 2.75) is 84.0 Å². The van der Waals surface area contributed by atoms with Crippen LogP contribution >= 0.6 is 0 Å². The summed E-state index contributed by atoms with van der Waals surface area (Å²) < 4.78 is 0. The van der Waals surface area contributed by atoms with Gasteiger partial charge in [-0.05, 0) is 32.1 Å². The second kappa shape index (κ2) is 17.7. The van der Waals surface area contributed by atoms with Gasteiger partial charge in [-0.25, -0.2) is 4.79 Å². The fraction of sp³-hybridized carbons (Fsp3) is 0.650. The van der Waals surface area contributed by atoms with Gasteiger partial charge in [0.25, 0.3) is 0 Å². The lowest BCUT2D eigenvalue weighted by molar-refractivity contribution is -0.131. The summed E-state index contributed by atoms with van der Waals surface area (Å²) in [6.07, 6.45) is 26.6. The Morgan fingerprint density at radius 1 is 0.727 bits per heavy atom. The summed E-state index contributed by atoms with van der Waals surface area (Å²) in [5.74, 6) is -0.840. The minimum Gasteiger partial charge on any atom is -0.478 e. The first-order valence-corrected chi connectivity index (χ1v) is 8.98. The quantitative estimate of drug-likeness (QED) is 0.215. The second-order valence-corrected chi connectivity index (χ2v) is 5.76. The van der Waals surface area contributed by atoms with Gasteiger partial charge >= 0.3 is 5.97 Å². The van der Waals surface area contributed by atoms with Gasteiger partial charge in [-0.1, -0.05) is 82.2 Å². The summed E-state index contributed by atoms with van der Waals surface area (Å²) in [7, 11) is 0. The number of carbonyl (C=O) groups is 1. The average molecular weight is 306 g/mol. The predicted octanol–water partition coefficient (Wildman–Crippen LogP) is 6.44. The molecule has 0 aliphatic heterocycles. The molecule has 0 unspecified atom stereocenters. The molecule has 2 nitrogen and oxygen atoms in total. The van der Waals surface area contributed by atoms with E-state index in [2.05, 4.69) is 31.2 Å². The van der Waals surface area contributed by atoms with Crippen molar-refractivity contribution >= 4 is 5.97 Å². The fourth-order valence-corrected chi connectivity index (χ4v) is 2.34. The van der Waals surface area contributed by atoms with Crippen LogP contribution in [0.1, 0.15) is 84.0 Å². The Kier molecular flexibility index (Phi) is 16.7. The molecular formula is C20H34O2. The van der Waals surface area contributed by atoms with Crippen LogP contribution in [0.3, 0.4) is 0 Å². The lowest BCUT2D eigenvalue weighted by Gasteiger charge is -2.01. The van der Waals surface area contributed by atoms with Gasteiger partial charge in [0.2, 0.25) is 0 Å². The lowest BCUT2D eigenvalue weighted by atomic mass is 10.1. The molecule has 0 fully saturated rings. The molecule has 0 saturated carbocycles. The number of carboxylic acids is 1. The van der Waals surface area contributed by atoms with Gasteiger partial charge < -0.3 is 5.11 Å². The molecule has 126 valence electrons. The number of unbranched alkanes of at least 4 members (excludes halogenated alkanes) is 10. The van der Waals surface area contributed by atoms with E-state index in [4.69, 9.17) is 5.11 Å². The van der Waals surface area contributed by atoms with Gasteiger partial charge in [-0.15, -0.1) is 0 Å². The normalized spacial score (nSPS) is 12.0. The Morgan fingerprint density at radius 3 is 1.68 bits per heavy atom. The third-order valence-electron chi connectivity index (χ3n) is 3.62. The maximum Gasteiger partial charge on any atom is 0.327 e. The molecule has 0 atom stereocenters. The number of hydrogen-bond acceptors (Lipinski definition) is 1. The molecule has 0 aromatic rings. The van der Waals surface area contributed by atoms with E-state index in [0.717, 1.165) is 19.3 Å². The van der Waals surface area contributed by atoms with E-state index < -0.39 is 5.97 Å². The lowest BCUT2D eigenvalue weighted by Crippen LogP contribution is -1.85. The van der Waals surface area contributed by atoms with Crippen molar-refractivity contribution in [3.05, 3.63) is 36.5 Å². The second-order valence-electron chi connectivity index (χ2n) is 5.76. The number of aliphatic carboxylic acids is 1. The van der Waals surface area contributed by atoms with Gasteiger partial charge in [-0.3, -0.25) is 0 Å². The molecule has 0 aliphatic carbocycles. The maximum atomic E-state index is 10.3. The van der Waals surface area contributed by atoms with E-state index in [0.29, 0.717) is 0 Å². The van der Waals surface area contributed by atoms with E-state index in [1.165, 1.54) is 63.9 Å². The molecule has 0 heterocycles. The van der Waals surface area contributed by atoms with Crippen molar-refractivity contribution < 1.29 is 9.90 Å². The summed E-state index contributed by atoms with van der Waals surface area (Å²) in [5, 5.41) is 8.45. The topological polar surface area (TPSA) is 37.3 Å². The van der Waals surface area contributed by atoms with E-state index in [1.807, 2.05) is 0 Å². The van der Waals surface area contributed by atoms with E-state index in [9.17, 15) is 4.79 Å². The fourth-order valence-electron chi connectivity index (χ4n) is 2.34. The average Bonchev–Trinajstić information content (AvgIpc) is 2.50. The van der Waals surface area contributed by atoms with Crippen LogP contribution in [0.4, 0.5) is 0 Å². The first-order valence-electron chi connectivity index (χ1n) is 8.98. The highest BCUT2D eigenvalue weighted by Crippen LogP contribution is 2.11. The van der Waals surface area contributed by atoms with Crippen LogP contribution in [-0.4, -0.2) is 11.1 Å². The number of hydrogen-bond donors (Lipinski definition) is 1. The molecule has 1 N–H and O–H groups in total. The molecule has 0 amide bonds. The smallest absolute Gasteiger partial charge is 0.327 e. The molecule has 0 bridgehead atoms. The Balaban J connectivity index is 3.13. The minimum atomic E-state index is -0.840. The Labute approximate surface area is 137 Å². The molecule has 0 spiro atoms. The standard InChI is InChI=1S/C20H34O2/c1-2-3-4-5-6-7-8-9-10-11-12-13-14-15-16-17-18-19-20(21)22/h3-6,18-19H,2,7-17H2,1H3,(H,21,22)/b4-3+,6-5+,19-18+. The zero-order valence-electron chi connectivity index (χ0n) is 14.3. The minimum absolute atomic E-state index is 0.840. The van der Waals surface area contributed by atoms with E-state index in [-0.39, 0.29) is 0 Å². The van der Waals surface area contributed by atoms with Crippen LogP contribution in [0.15, 0.2) is 36.5 Å². The highest BCUT2D eigenvalue weighted by molar-refractivity contribution is 5.79. The Hall–Kier alpha value is -1.31. The van der Waals surface area contributed by atoms with Gasteiger partial charge in [0.15, 0.2) is 0 Å². The van der Waals surface area contributed by atoms with Crippen molar-refractivity contribution in [3.8, 4) is 0 Å². The van der Waals surface area contributed by atoms with Gasteiger partial charge in [0.05, 0.1) is 0 Å². The zero-order valence-corrected chi connectivity index (χ0v) is 14.3. The van der Waals surface area contributed by atoms with Crippen LogP contribution in [0.25, 0.3) is 0 Å². The summed E-state index contributed by atoms with van der Waals surface area (Å²) in [6.45, 7) is 2.15. The highest BCUT2D eigenvalue weighted by atomic mass is 16.4. The van der Waals surface area contributed by atoms with E-state index >= 15 is 0 Å². The summed E-state index contributed by atoms with van der Waals surface area (Å²) in [5.41, 5.74) is 0. The van der Waals surface area contributed by atoms with Crippen LogP contribution < -0.4 is 0 Å². The van der Waals surface area contributed by atoms with Crippen molar-refractivity contribution in [3.63, 3.8) is 0 Å². The van der Waals surface area contributed by atoms with E-state index in [1.54, 1.807) is 6.08 Å². The third-order valence-corrected chi connectivity index (χ3v) is 3.62. The maximum absolute atomic E-state index is 10.3. The first kappa shape index (κ1) is 20.7. The van der Waals surface area contributed by atoms with Crippen molar-refractivity contribution in [2.75, 3.05) is 0 Å². The molecule has 0 saturated heterocycles. The molecule has 0 aliphatic rings. The highest BCUT2D eigenvalue weighted by Gasteiger charge is 1.92. The number of allylic oxidation sites excluding steroid dienone is 5. The molecule has 22 heavy (non-hydrogen) atoms. The number of carboxylic acid groups (broad SMARTS) is 1. The Bertz CT molecular complexity index is 327. The van der Waals surface area contributed by atoms with Gasteiger partial charge in [0, 0.05) is 6.08 Å². The molecule has 0 radical (unpaired) electrons. The Morgan fingerprint density at radius 2 is 1.18 bits per heavy atom. The van der Waals surface area contributed by atoms with Gasteiger partial charge in [-0.2, -0.15) is 0 Å². The summed E-state index contributed by atoms with van der Waals surface area (Å²) >= 11 is 0. The molecule has 0 rings (SSSR count). The van der Waals surface area contributed by atoms with Crippen LogP contribution in [0.5, 0.6) is 0 Å². The van der Waals surface area contributed by atoms with Crippen LogP contribution in [0, 0.1) is 0 Å². The van der Waals surface area contributed by atoms with Crippen LogP contribution in [0.2, 0.25) is 0 Å². The summed E-state index contributed by atoms with van der Waals surface area (Å²) in [6, 6.07) is 0. The van der Waals surface area contributed by atoms with Crippen molar-refractivity contribution in [1.82, 2.24) is 0 Å². The summed E-state index contributed by atoms with van der Waals surface area (Å²) in [4.78, 5) is 10.3. The van der Waals surface area contributed by atoms with Crippen LogP contribution in [-0.2, 0) is 4.79 Å². The molecule has 0 aromatic carbocycles. The molecular weight excluding hydrogens is 272 g/mol. The largest absolute Gasteiger partial charge is 0.478 e. The first-order chi connectivity index (χ1) is 10.8. The SMILES string of the molecule is CC/C=C/C=C/CCCCCCCCCCC/C=C/C(=O)O. The molecule has 0 aromatic heterocycles. The van der Waals surface area contributed by atoms with Crippen molar-refractivity contribution in [1.29, 1.82) is 0 Å². The monoisotopic (exact) mass is 306 g/mol. The number of rotatable bonds is 15. The molecule has 2 heteroatoms.